The standard InChI is InChI=1S/C36H20N2O/c1-2-9-21(10-3-1)34-35(38-30-15-7-6-14-29(30)37-34)26-18-17-25-28-20-23-12-5-4-11-22(23)19-27(28)24-13-8-16-31-32(24)33(25)36(26)39-31/h1-20H. The van der Waals surface area contributed by atoms with E-state index < -0.39 is 0 Å². The van der Waals surface area contributed by atoms with E-state index in [0.29, 0.717) is 0 Å². The summed E-state index contributed by atoms with van der Waals surface area (Å²) in [4.78, 5) is 10.3. The van der Waals surface area contributed by atoms with Crippen LogP contribution in [0.25, 0.3) is 87.8 Å². The molecule has 0 saturated carbocycles. The van der Waals surface area contributed by atoms with Crippen molar-refractivity contribution in [2.75, 3.05) is 0 Å². The van der Waals surface area contributed by atoms with Crippen molar-refractivity contribution in [3.8, 4) is 22.5 Å². The van der Waals surface area contributed by atoms with Crippen LogP contribution in [0.3, 0.4) is 0 Å². The third-order valence-corrected chi connectivity index (χ3v) is 7.99. The highest BCUT2D eigenvalue weighted by atomic mass is 16.3. The minimum absolute atomic E-state index is 0.830. The molecular weight excluding hydrogens is 476 g/mol. The molecule has 0 N–H and O–H groups in total. The van der Waals surface area contributed by atoms with Crippen molar-refractivity contribution in [3.63, 3.8) is 0 Å². The number of fused-ring (bicyclic) bond motifs is 5. The topological polar surface area (TPSA) is 38.9 Å². The minimum atomic E-state index is 0.830. The van der Waals surface area contributed by atoms with E-state index in [-0.39, 0.29) is 0 Å². The van der Waals surface area contributed by atoms with Crippen LogP contribution >= 0.6 is 0 Å². The molecule has 0 spiro atoms. The van der Waals surface area contributed by atoms with Gasteiger partial charge in [0, 0.05) is 21.9 Å². The van der Waals surface area contributed by atoms with Gasteiger partial charge in [-0.25, -0.2) is 9.97 Å². The zero-order valence-corrected chi connectivity index (χ0v) is 20.8. The van der Waals surface area contributed by atoms with Gasteiger partial charge in [0.1, 0.15) is 16.9 Å². The molecule has 7 aromatic carbocycles. The molecular formula is C36H20N2O. The van der Waals surface area contributed by atoms with Crippen LogP contribution in [0.5, 0.6) is 0 Å². The van der Waals surface area contributed by atoms with Crippen molar-refractivity contribution in [1.29, 1.82) is 0 Å². The van der Waals surface area contributed by atoms with Gasteiger partial charge < -0.3 is 4.42 Å². The van der Waals surface area contributed by atoms with Crippen molar-refractivity contribution >= 4 is 65.3 Å². The van der Waals surface area contributed by atoms with E-state index in [9.17, 15) is 0 Å². The molecule has 2 heterocycles. The molecule has 0 aliphatic carbocycles. The highest BCUT2D eigenvalue weighted by Crippen LogP contribution is 2.47. The molecule has 0 saturated heterocycles. The summed E-state index contributed by atoms with van der Waals surface area (Å²) in [7, 11) is 0. The molecule has 0 radical (unpaired) electrons. The summed E-state index contributed by atoms with van der Waals surface area (Å²) in [5, 5.41) is 9.69. The summed E-state index contributed by atoms with van der Waals surface area (Å²) in [5.41, 5.74) is 7.16. The van der Waals surface area contributed by atoms with Crippen LogP contribution in [0.15, 0.2) is 126 Å². The van der Waals surface area contributed by atoms with Gasteiger partial charge in [-0.05, 0) is 68.7 Å². The first-order chi connectivity index (χ1) is 19.3. The summed E-state index contributed by atoms with van der Waals surface area (Å²) < 4.78 is 6.70. The molecule has 0 fully saturated rings. The van der Waals surface area contributed by atoms with Crippen LogP contribution in [0.1, 0.15) is 0 Å². The number of para-hydroxylation sites is 2. The highest BCUT2D eigenvalue weighted by molar-refractivity contribution is 6.35. The number of furan rings is 1. The lowest BCUT2D eigenvalue weighted by Gasteiger charge is -2.13. The van der Waals surface area contributed by atoms with Crippen molar-refractivity contribution in [3.05, 3.63) is 121 Å². The number of rotatable bonds is 2. The lowest BCUT2D eigenvalue weighted by atomic mass is 9.90. The third-order valence-electron chi connectivity index (χ3n) is 7.99. The Morgan fingerprint density at radius 2 is 1.10 bits per heavy atom. The zero-order valence-electron chi connectivity index (χ0n) is 20.8. The molecule has 3 nitrogen and oxygen atoms in total. The van der Waals surface area contributed by atoms with Crippen LogP contribution in [0.4, 0.5) is 0 Å². The Morgan fingerprint density at radius 1 is 0.462 bits per heavy atom. The van der Waals surface area contributed by atoms with Gasteiger partial charge in [0.05, 0.1) is 16.7 Å². The maximum Gasteiger partial charge on any atom is 0.145 e. The maximum absolute atomic E-state index is 6.70. The van der Waals surface area contributed by atoms with Crippen molar-refractivity contribution < 1.29 is 4.42 Å². The van der Waals surface area contributed by atoms with Gasteiger partial charge in [0.2, 0.25) is 0 Å². The minimum Gasteiger partial charge on any atom is -0.455 e. The van der Waals surface area contributed by atoms with Gasteiger partial charge in [-0.1, -0.05) is 84.9 Å². The predicted octanol–water partition coefficient (Wildman–Crippen LogP) is 9.76. The summed E-state index contributed by atoms with van der Waals surface area (Å²) >= 11 is 0. The van der Waals surface area contributed by atoms with Gasteiger partial charge in [-0.2, -0.15) is 0 Å². The van der Waals surface area contributed by atoms with Crippen LogP contribution in [-0.4, -0.2) is 9.97 Å². The number of hydrogen-bond donors (Lipinski definition) is 0. The Balaban J connectivity index is 1.45. The van der Waals surface area contributed by atoms with E-state index in [1.54, 1.807) is 0 Å². The van der Waals surface area contributed by atoms with Gasteiger partial charge >= 0.3 is 0 Å². The number of aromatic nitrogens is 2. The van der Waals surface area contributed by atoms with Gasteiger partial charge in [0.15, 0.2) is 0 Å². The van der Waals surface area contributed by atoms with Gasteiger partial charge in [-0.15, -0.1) is 0 Å². The van der Waals surface area contributed by atoms with Crippen molar-refractivity contribution in [1.82, 2.24) is 9.97 Å². The second kappa shape index (κ2) is 7.62. The molecule has 0 unspecified atom stereocenters. The number of hydrogen-bond acceptors (Lipinski definition) is 3. The molecule has 9 aromatic rings. The third kappa shape index (κ3) is 2.87. The molecule has 39 heavy (non-hydrogen) atoms. The largest absolute Gasteiger partial charge is 0.455 e. The Morgan fingerprint density at radius 3 is 1.85 bits per heavy atom. The second-order valence-corrected chi connectivity index (χ2v) is 10.2. The molecule has 3 heteroatoms. The summed E-state index contributed by atoms with van der Waals surface area (Å²) in [6, 6.07) is 42.3. The monoisotopic (exact) mass is 496 g/mol. The summed E-state index contributed by atoms with van der Waals surface area (Å²) in [5.74, 6) is 0. The fraction of sp³-hybridized carbons (Fsp3) is 0. The van der Waals surface area contributed by atoms with Crippen LogP contribution < -0.4 is 0 Å². The van der Waals surface area contributed by atoms with E-state index in [2.05, 4.69) is 78.9 Å². The number of nitrogens with zero attached hydrogens (tertiary/aromatic N) is 2. The lowest BCUT2D eigenvalue weighted by molar-refractivity contribution is 0.670. The fourth-order valence-corrected chi connectivity index (χ4v) is 6.23. The van der Waals surface area contributed by atoms with E-state index >= 15 is 0 Å². The van der Waals surface area contributed by atoms with E-state index in [4.69, 9.17) is 14.4 Å². The average molecular weight is 497 g/mol. The van der Waals surface area contributed by atoms with Crippen LogP contribution in [-0.2, 0) is 0 Å². The van der Waals surface area contributed by atoms with E-state index in [1.165, 1.54) is 37.7 Å². The van der Waals surface area contributed by atoms with Crippen LogP contribution in [0, 0.1) is 0 Å². The first-order valence-corrected chi connectivity index (χ1v) is 13.2. The second-order valence-electron chi connectivity index (χ2n) is 10.2. The maximum atomic E-state index is 6.70. The van der Waals surface area contributed by atoms with E-state index in [1.807, 2.05) is 42.5 Å². The molecule has 2 aromatic heterocycles. The summed E-state index contributed by atoms with van der Waals surface area (Å²) in [6.07, 6.45) is 0. The number of benzene rings is 7. The fourth-order valence-electron chi connectivity index (χ4n) is 6.23. The lowest BCUT2D eigenvalue weighted by Crippen LogP contribution is -1.96. The first-order valence-electron chi connectivity index (χ1n) is 13.2. The quantitative estimate of drug-likeness (QED) is 0.177. The first kappa shape index (κ1) is 20.7. The van der Waals surface area contributed by atoms with Gasteiger partial charge in [0.25, 0.3) is 0 Å². The smallest absolute Gasteiger partial charge is 0.145 e. The van der Waals surface area contributed by atoms with Crippen molar-refractivity contribution in [2.24, 2.45) is 0 Å². The predicted molar refractivity (Wildman–Crippen MR) is 161 cm³/mol. The molecule has 0 aliphatic heterocycles. The molecule has 0 aliphatic rings. The molecule has 9 rings (SSSR count). The molecule has 0 atom stereocenters. The molecule has 0 amide bonds. The van der Waals surface area contributed by atoms with Gasteiger partial charge in [-0.3, -0.25) is 0 Å². The molecule has 180 valence electrons. The van der Waals surface area contributed by atoms with E-state index in [0.717, 1.165) is 50.1 Å². The average Bonchev–Trinajstić information content (AvgIpc) is 3.40. The Kier molecular flexibility index (Phi) is 4.05. The normalized spacial score (nSPS) is 12.1. The summed E-state index contributed by atoms with van der Waals surface area (Å²) in [6.45, 7) is 0. The zero-order chi connectivity index (χ0) is 25.5. The highest BCUT2D eigenvalue weighted by Gasteiger charge is 2.23. The Bertz CT molecular complexity index is 2390. The Hall–Kier alpha value is -5.28. The molecule has 0 bridgehead atoms. The van der Waals surface area contributed by atoms with Crippen molar-refractivity contribution in [2.45, 2.75) is 0 Å². The SMILES string of the molecule is c1ccc(-c2nc3ccccc3nc2-c2ccc3c4cc5ccccc5cc4c4cccc5oc2c3c54)cc1. The Labute approximate surface area is 223 Å². The van der Waals surface area contributed by atoms with Crippen LogP contribution in [0.2, 0.25) is 0 Å².